The summed E-state index contributed by atoms with van der Waals surface area (Å²) in [6, 6.07) is 4.49. The van der Waals surface area contributed by atoms with Crippen LogP contribution in [0.15, 0.2) is 18.3 Å². The fraction of sp³-hybridized carbons (Fsp3) is 0.429. The number of nitriles is 1. The SMILES string of the molecule is CC1(C(=O)O)CCCC1NC(=O)c1ccc(C#N)cn1. The van der Waals surface area contributed by atoms with Gasteiger partial charge in [-0.1, -0.05) is 6.42 Å². The number of aromatic nitrogens is 1. The van der Waals surface area contributed by atoms with Crippen LogP contribution in [0.1, 0.15) is 42.2 Å². The molecule has 6 heteroatoms. The Kier molecular flexibility index (Phi) is 3.70. The summed E-state index contributed by atoms with van der Waals surface area (Å²) in [4.78, 5) is 27.3. The van der Waals surface area contributed by atoms with Crippen LogP contribution in [0.25, 0.3) is 0 Å². The van der Waals surface area contributed by atoms with Crippen molar-refractivity contribution in [1.29, 1.82) is 5.26 Å². The third-order valence-electron chi connectivity index (χ3n) is 3.88. The number of nitrogens with one attached hydrogen (secondary N) is 1. The molecule has 0 aromatic carbocycles. The van der Waals surface area contributed by atoms with Crippen LogP contribution in [0.4, 0.5) is 0 Å². The maximum absolute atomic E-state index is 12.1. The maximum Gasteiger partial charge on any atom is 0.311 e. The molecule has 20 heavy (non-hydrogen) atoms. The largest absolute Gasteiger partial charge is 0.481 e. The molecule has 6 nitrogen and oxygen atoms in total. The van der Waals surface area contributed by atoms with Gasteiger partial charge in [-0.2, -0.15) is 5.26 Å². The van der Waals surface area contributed by atoms with Crippen molar-refractivity contribution in [2.24, 2.45) is 5.41 Å². The van der Waals surface area contributed by atoms with Crippen LogP contribution in [0.2, 0.25) is 0 Å². The normalized spacial score (nSPS) is 24.9. The molecule has 1 fully saturated rings. The first-order valence-electron chi connectivity index (χ1n) is 6.38. The number of carboxylic acid groups (broad SMARTS) is 1. The molecule has 0 aliphatic heterocycles. The molecule has 2 rings (SSSR count). The second-order valence-electron chi connectivity index (χ2n) is 5.18. The topological polar surface area (TPSA) is 103 Å². The summed E-state index contributed by atoms with van der Waals surface area (Å²) >= 11 is 0. The van der Waals surface area contributed by atoms with Gasteiger partial charge in [-0.15, -0.1) is 0 Å². The van der Waals surface area contributed by atoms with Gasteiger partial charge < -0.3 is 10.4 Å². The Hall–Kier alpha value is -2.42. The van der Waals surface area contributed by atoms with E-state index in [2.05, 4.69) is 10.3 Å². The lowest BCUT2D eigenvalue weighted by Gasteiger charge is -2.27. The van der Waals surface area contributed by atoms with Gasteiger partial charge >= 0.3 is 5.97 Å². The predicted molar refractivity (Wildman–Crippen MR) is 69.8 cm³/mol. The Bertz CT molecular complexity index is 576. The molecular weight excluding hydrogens is 258 g/mol. The molecule has 1 saturated carbocycles. The summed E-state index contributed by atoms with van der Waals surface area (Å²) in [5.41, 5.74) is -0.371. The minimum Gasteiger partial charge on any atom is -0.481 e. The molecule has 1 aliphatic rings. The van der Waals surface area contributed by atoms with Gasteiger partial charge in [0.2, 0.25) is 0 Å². The van der Waals surface area contributed by atoms with E-state index in [1.54, 1.807) is 6.92 Å². The fourth-order valence-electron chi connectivity index (χ4n) is 2.48. The molecule has 1 aromatic heterocycles. The third kappa shape index (κ3) is 2.48. The van der Waals surface area contributed by atoms with Crippen molar-refractivity contribution in [3.8, 4) is 6.07 Å². The van der Waals surface area contributed by atoms with Crippen LogP contribution in [0.5, 0.6) is 0 Å². The van der Waals surface area contributed by atoms with Crippen molar-refractivity contribution in [3.63, 3.8) is 0 Å². The van der Waals surface area contributed by atoms with Gasteiger partial charge in [0.25, 0.3) is 5.91 Å². The number of carbonyl (C=O) groups excluding carboxylic acids is 1. The van der Waals surface area contributed by atoms with E-state index in [1.807, 2.05) is 6.07 Å². The molecule has 1 heterocycles. The Morgan fingerprint density at radius 2 is 2.30 bits per heavy atom. The van der Waals surface area contributed by atoms with Gasteiger partial charge in [-0.3, -0.25) is 9.59 Å². The molecule has 0 saturated heterocycles. The first kappa shape index (κ1) is 14.0. The van der Waals surface area contributed by atoms with E-state index in [0.29, 0.717) is 18.4 Å². The Morgan fingerprint density at radius 1 is 1.55 bits per heavy atom. The summed E-state index contributed by atoms with van der Waals surface area (Å²) < 4.78 is 0. The smallest absolute Gasteiger partial charge is 0.311 e. The summed E-state index contributed by atoms with van der Waals surface area (Å²) in [5.74, 6) is -1.30. The number of amides is 1. The number of pyridine rings is 1. The summed E-state index contributed by atoms with van der Waals surface area (Å²) in [7, 11) is 0. The summed E-state index contributed by atoms with van der Waals surface area (Å²) in [6.07, 6.45) is 3.29. The van der Waals surface area contributed by atoms with Gasteiger partial charge in [0, 0.05) is 12.2 Å². The molecule has 1 aromatic rings. The molecule has 0 bridgehead atoms. The highest BCUT2D eigenvalue weighted by Crippen LogP contribution is 2.38. The number of carbonyl (C=O) groups is 2. The second-order valence-corrected chi connectivity index (χ2v) is 5.18. The minimum absolute atomic E-state index is 0.184. The molecule has 2 N–H and O–H groups in total. The number of hydrogen-bond acceptors (Lipinski definition) is 4. The Morgan fingerprint density at radius 3 is 2.85 bits per heavy atom. The van der Waals surface area contributed by atoms with E-state index in [4.69, 9.17) is 5.26 Å². The summed E-state index contributed by atoms with van der Waals surface area (Å²) in [5, 5.41) is 20.7. The maximum atomic E-state index is 12.1. The lowest BCUT2D eigenvalue weighted by molar-refractivity contribution is -0.148. The summed E-state index contributed by atoms with van der Waals surface area (Å²) in [6.45, 7) is 1.65. The highest BCUT2D eigenvalue weighted by Gasteiger charge is 2.46. The molecule has 2 atom stereocenters. The number of carboxylic acids is 1. The minimum atomic E-state index is -0.928. The standard InChI is InChI=1S/C14H15N3O3/c1-14(13(19)20)6-2-3-11(14)17-12(18)10-5-4-9(7-15)8-16-10/h4-5,8,11H,2-3,6H2,1H3,(H,17,18)(H,19,20). The van der Waals surface area contributed by atoms with Crippen LogP contribution < -0.4 is 5.32 Å². The van der Waals surface area contributed by atoms with Crippen molar-refractivity contribution in [2.75, 3.05) is 0 Å². The predicted octanol–water partition coefficient (Wildman–Crippen LogP) is 1.33. The highest BCUT2D eigenvalue weighted by atomic mass is 16.4. The average Bonchev–Trinajstić information content (AvgIpc) is 2.81. The second kappa shape index (κ2) is 5.29. The monoisotopic (exact) mass is 273 g/mol. The van der Waals surface area contributed by atoms with E-state index in [9.17, 15) is 14.7 Å². The Labute approximate surface area is 116 Å². The van der Waals surface area contributed by atoms with E-state index < -0.39 is 23.3 Å². The third-order valence-corrected chi connectivity index (χ3v) is 3.88. The van der Waals surface area contributed by atoms with Crippen LogP contribution >= 0.6 is 0 Å². The molecule has 1 amide bonds. The molecular formula is C14H15N3O3. The fourth-order valence-corrected chi connectivity index (χ4v) is 2.48. The van der Waals surface area contributed by atoms with Gasteiger partial charge in [-0.05, 0) is 31.9 Å². The lowest BCUT2D eigenvalue weighted by atomic mass is 9.85. The number of hydrogen-bond donors (Lipinski definition) is 2. The quantitative estimate of drug-likeness (QED) is 0.864. The van der Waals surface area contributed by atoms with Crippen LogP contribution in [0.3, 0.4) is 0 Å². The molecule has 1 aliphatic carbocycles. The van der Waals surface area contributed by atoms with Gasteiger partial charge in [0.15, 0.2) is 0 Å². The van der Waals surface area contributed by atoms with Gasteiger partial charge in [0.1, 0.15) is 11.8 Å². The van der Waals surface area contributed by atoms with Crippen molar-refractivity contribution in [1.82, 2.24) is 10.3 Å². The van der Waals surface area contributed by atoms with Crippen molar-refractivity contribution >= 4 is 11.9 Å². The number of aliphatic carboxylic acids is 1. The zero-order chi connectivity index (χ0) is 14.8. The van der Waals surface area contributed by atoms with Crippen molar-refractivity contribution in [2.45, 2.75) is 32.2 Å². The first-order chi connectivity index (χ1) is 9.47. The van der Waals surface area contributed by atoms with Crippen LogP contribution in [-0.4, -0.2) is 28.0 Å². The van der Waals surface area contributed by atoms with Crippen LogP contribution in [-0.2, 0) is 4.79 Å². The zero-order valence-electron chi connectivity index (χ0n) is 11.1. The van der Waals surface area contributed by atoms with E-state index in [1.165, 1.54) is 18.3 Å². The lowest BCUT2D eigenvalue weighted by Crippen LogP contribution is -2.47. The van der Waals surface area contributed by atoms with Crippen molar-refractivity contribution < 1.29 is 14.7 Å². The molecule has 104 valence electrons. The van der Waals surface area contributed by atoms with Gasteiger partial charge in [0.05, 0.1) is 11.0 Å². The van der Waals surface area contributed by atoms with Crippen molar-refractivity contribution in [3.05, 3.63) is 29.6 Å². The number of nitrogens with zero attached hydrogens (tertiary/aromatic N) is 2. The zero-order valence-corrected chi connectivity index (χ0v) is 11.1. The van der Waals surface area contributed by atoms with Crippen LogP contribution in [0, 0.1) is 16.7 Å². The number of rotatable bonds is 3. The molecule has 0 radical (unpaired) electrons. The Balaban J connectivity index is 2.11. The highest BCUT2D eigenvalue weighted by molar-refractivity contribution is 5.93. The van der Waals surface area contributed by atoms with Gasteiger partial charge in [-0.25, -0.2) is 4.98 Å². The molecule has 2 unspecified atom stereocenters. The van der Waals surface area contributed by atoms with E-state index in [-0.39, 0.29) is 5.69 Å². The molecule has 0 spiro atoms. The first-order valence-corrected chi connectivity index (χ1v) is 6.38. The van der Waals surface area contributed by atoms with E-state index >= 15 is 0 Å². The van der Waals surface area contributed by atoms with E-state index in [0.717, 1.165) is 6.42 Å². The average molecular weight is 273 g/mol.